The standard InChI is InChI=1S/C18H17BrO2/c1-11-3-4-12(2)16(7-11)17(20)10-14-9-15(19)8-13-5-6-21-18(13)14/h3-4,7-9H,5-6,10H2,1-2H3. The van der Waals surface area contributed by atoms with Gasteiger partial charge in [0.2, 0.25) is 0 Å². The lowest BCUT2D eigenvalue weighted by atomic mass is 9.96. The summed E-state index contributed by atoms with van der Waals surface area (Å²) in [6.45, 7) is 4.70. The van der Waals surface area contributed by atoms with Crippen LogP contribution in [0.3, 0.4) is 0 Å². The van der Waals surface area contributed by atoms with Crippen molar-refractivity contribution in [2.75, 3.05) is 6.61 Å². The van der Waals surface area contributed by atoms with Gasteiger partial charge in [0, 0.05) is 28.4 Å². The van der Waals surface area contributed by atoms with Crippen molar-refractivity contribution in [1.29, 1.82) is 0 Å². The van der Waals surface area contributed by atoms with Crippen molar-refractivity contribution in [3.8, 4) is 5.75 Å². The van der Waals surface area contributed by atoms with E-state index >= 15 is 0 Å². The van der Waals surface area contributed by atoms with Gasteiger partial charge in [-0.3, -0.25) is 4.79 Å². The number of fused-ring (bicyclic) bond motifs is 1. The minimum atomic E-state index is 0.145. The molecule has 3 heteroatoms. The zero-order chi connectivity index (χ0) is 15.0. The number of carbonyl (C=O) groups is 1. The van der Waals surface area contributed by atoms with Crippen LogP contribution < -0.4 is 4.74 Å². The van der Waals surface area contributed by atoms with Crippen molar-refractivity contribution in [1.82, 2.24) is 0 Å². The van der Waals surface area contributed by atoms with Crippen LogP contribution in [-0.4, -0.2) is 12.4 Å². The second kappa shape index (κ2) is 5.64. The summed E-state index contributed by atoms with van der Waals surface area (Å²) in [4.78, 5) is 12.6. The maximum atomic E-state index is 12.6. The minimum absolute atomic E-state index is 0.145. The van der Waals surface area contributed by atoms with Crippen LogP contribution in [0.15, 0.2) is 34.8 Å². The van der Waals surface area contributed by atoms with Crippen LogP contribution in [0.2, 0.25) is 0 Å². The molecule has 0 saturated heterocycles. The molecule has 1 heterocycles. The SMILES string of the molecule is Cc1ccc(C)c(C(=O)Cc2cc(Br)cc3c2OCC3)c1. The van der Waals surface area contributed by atoms with E-state index in [2.05, 4.69) is 22.0 Å². The highest BCUT2D eigenvalue weighted by molar-refractivity contribution is 9.10. The summed E-state index contributed by atoms with van der Waals surface area (Å²) in [5, 5.41) is 0. The lowest BCUT2D eigenvalue weighted by molar-refractivity contribution is 0.0991. The first-order valence-corrected chi connectivity index (χ1v) is 7.88. The number of carbonyl (C=O) groups excluding carboxylic acids is 1. The van der Waals surface area contributed by atoms with Crippen molar-refractivity contribution in [2.24, 2.45) is 0 Å². The van der Waals surface area contributed by atoms with Gasteiger partial charge in [-0.15, -0.1) is 0 Å². The molecule has 2 nitrogen and oxygen atoms in total. The van der Waals surface area contributed by atoms with Crippen molar-refractivity contribution in [3.63, 3.8) is 0 Å². The summed E-state index contributed by atoms with van der Waals surface area (Å²) in [6, 6.07) is 10.1. The van der Waals surface area contributed by atoms with Crippen LogP contribution in [0, 0.1) is 13.8 Å². The molecule has 2 aromatic rings. The third-order valence-corrected chi connectivity index (χ3v) is 4.33. The Labute approximate surface area is 133 Å². The molecule has 1 aliphatic heterocycles. The number of hydrogen-bond acceptors (Lipinski definition) is 2. The van der Waals surface area contributed by atoms with Gasteiger partial charge in [0.1, 0.15) is 5.75 Å². The molecule has 0 aliphatic carbocycles. The molecule has 0 spiro atoms. The highest BCUT2D eigenvalue weighted by Gasteiger charge is 2.20. The van der Waals surface area contributed by atoms with Crippen molar-refractivity contribution in [2.45, 2.75) is 26.7 Å². The predicted octanol–water partition coefficient (Wildman–Crippen LogP) is 4.43. The second-order valence-electron chi connectivity index (χ2n) is 5.57. The number of benzene rings is 2. The first kappa shape index (κ1) is 14.3. The minimum Gasteiger partial charge on any atom is -0.493 e. The lowest BCUT2D eigenvalue weighted by Crippen LogP contribution is -2.07. The summed E-state index contributed by atoms with van der Waals surface area (Å²) in [5.41, 5.74) is 5.11. The Bertz CT molecular complexity index is 719. The first-order chi connectivity index (χ1) is 10.0. The first-order valence-electron chi connectivity index (χ1n) is 7.09. The molecule has 2 aromatic carbocycles. The van der Waals surface area contributed by atoms with Gasteiger partial charge in [0.15, 0.2) is 5.78 Å². The van der Waals surface area contributed by atoms with Gasteiger partial charge < -0.3 is 4.74 Å². The largest absolute Gasteiger partial charge is 0.493 e. The molecule has 1 aliphatic rings. The fourth-order valence-electron chi connectivity index (χ4n) is 2.78. The zero-order valence-corrected chi connectivity index (χ0v) is 13.8. The Morgan fingerprint density at radius 2 is 2.05 bits per heavy atom. The van der Waals surface area contributed by atoms with Crippen molar-refractivity contribution in [3.05, 3.63) is 62.6 Å². The number of aryl methyl sites for hydroxylation is 2. The maximum Gasteiger partial charge on any atom is 0.167 e. The monoisotopic (exact) mass is 344 g/mol. The number of rotatable bonds is 3. The molecule has 0 bridgehead atoms. The molecular weight excluding hydrogens is 328 g/mol. The highest BCUT2D eigenvalue weighted by atomic mass is 79.9. The van der Waals surface area contributed by atoms with E-state index < -0.39 is 0 Å². The molecule has 108 valence electrons. The Morgan fingerprint density at radius 3 is 2.86 bits per heavy atom. The molecule has 0 saturated carbocycles. The van der Waals surface area contributed by atoms with Crippen LogP contribution >= 0.6 is 15.9 Å². The molecule has 0 N–H and O–H groups in total. The Morgan fingerprint density at radius 1 is 1.24 bits per heavy atom. The summed E-state index contributed by atoms with van der Waals surface area (Å²) < 4.78 is 6.71. The van der Waals surface area contributed by atoms with E-state index in [4.69, 9.17) is 4.74 Å². The van der Waals surface area contributed by atoms with Crippen LogP contribution in [0.4, 0.5) is 0 Å². The van der Waals surface area contributed by atoms with Gasteiger partial charge in [-0.05, 0) is 43.2 Å². The number of ether oxygens (including phenoxy) is 1. The van der Waals surface area contributed by atoms with E-state index in [1.54, 1.807) is 0 Å². The van der Waals surface area contributed by atoms with Gasteiger partial charge in [0.05, 0.1) is 6.61 Å². The number of ketones is 1. The Kier molecular flexibility index (Phi) is 3.85. The van der Waals surface area contributed by atoms with E-state index in [-0.39, 0.29) is 5.78 Å². The summed E-state index contributed by atoms with van der Waals surface area (Å²) in [5.74, 6) is 1.05. The molecular formula is C18H17BrO2. The van der Waals surface area contributed by atoms with Gasteiger partial charge in [0.25, 0.3) is 0 Å². The van der Waals surface area contributed by atoms with E-state index in [0.717, 1.165) is 38.9 Å². The average molecular weight is 345 g/mol. The van der Waals surface area contributed by atoms with Gasteiger partial charge in [-0.25, -0.2) is 0 Å². The summed E-state index contributed by atoms with van der Waals surface area (Å²) in [7, 11) is 0. The van der Waals surface area contributed by atoms with Gasteiger partial charge in [-0.2, -0.15) is 0 Å². The number of hydrogen-bond donors (Lipinski definition) is 0. The number of halogens is 1. The van der Waals surface area contributed by atoms with E-state index in [1.807, 2.05) is 38.1 Å². The summed E-state index contributed by atoms with van der Waals surface area (Å²) in [6.07, 6.45) is 1.30. The molecule has 0 atom stereocenters. The second-order valence-corrected chi connectivity index (χ2v) is 6.49. The summed E-state index contributed by atoms with van der Waals surface area (Å²) >= 11 is 3.52. The zero-order valence-electron chi connectivity index (χ0n) is 12.2. The van der Waals surface area contributed by atoms with Crippen LogP contribution in [0.25, 0.3) is 0 Å². The lowest BCUT2D eigenvalue weighted by Gasteiger charge is -2.10. The van der Waals surface area contributed by atoms with Crippen molar-refractivity contribution >= 4 is 21.7 Å². The van der Waals surface area contributed by atoms with E-state index in [9.17, 15) is 4.79 Å². The molecule has 0 aromatic heterocycles. The molecule has 3 rings (SSSR count). The molecule has 0 unspecified atom stereocenters. The fraction of sp³-hybridized carbons (Fsp3) is 0.278. The smallest absolute Gasteiger partial charge is 0.167 e. The normalized spacial score (nSPS) is 12.9. The fourth-order valence-corrected chi connectivity index (χ4v) is 3.33. The predicted molar refractivity (Wildman–Crippen MR) is 87.3 cm³/mol. The average Bonchev–Trinajstić information content (AvgIpc) is 2.89. The van der Waals surface area contributed by atoms with Crippen LogP contribution in [-0.2, 0) is 12.8 Å². The quantitative estimate of drug-likeness (QED) is 0.770. The van der Waals surface area contributed by atoms with E-state index in [0.29, 0.717) is 13.0 Å². The Balaban J connectivity index is 1.94. The van der Waals surface area contributed by atoms with Crippen LogP contribution in [0.1, 0.15) is 32.6 Å². The Hall–Kier alpha value is -1.61. The third kappa shape index (κ3) is 2.88. The van der Waals surface area contributed by atoms with E-state index in [1.165, 1.54) is 5.56 Å². The molecule has 0 radical (unpaired) electrons. The number of Topliss-reactive ketones (excluding diaryl/α,β-unsaturated/α-hetero) is 1. The molecule has 0 amide bonds. The van der Waals surface area contributed by atoms with Gasteiger partial charge in [-0.1, -0.05) is 33.6 Å². The molecule has 21 heavy (non-hydrogen) atoms. The van der Waals surface area contributed by atoms with Crippen molar-refractivity contribution < 1.29 is 9.53 Å². The third-order valence-electron chi connectivity index (χ3n) is 3.87. The molecule has 0 fully saturated rings. The maximum absolute atomic E-state index is 12.6. The van der Waals surface area contributed by atoms with Crippen LogP contribution in [0.5, 0.6) is 5.75 Å². The highest BCUT2D eigenvalue weighted by Crippen LogP contribution is 2.33. The van der Waals surface area contributed by atoms with Gasteiger partial charge >= 0.3 is 0 Å². The topological polar surface area (TPSA) is 26.3 Å².